The van der Waals surface area contributed by atoms with Crippen LogP contribution in [-0.2, 0) is 6.54 Å². The number of benzene rings is 2. The fraction of sp³-hybridized carbons (Fsp3) is 0.407. The number of halogens is 1. The monoisotopic (exact) mass is 448 g/mol. The largest absolute Gasteiger partial charge is 0.478 e. The summed E-state index contributed by atoms with van der Waals surface area (Å²) in [7, 11) is 0. The van der Waals surface area contributed by atoms with Gasteiger partial charge in [-0.3, -0.25) is 0 Å². The molecule has 0 spiro atoms. The summed E-state index contributed by atoms with van der Waals surface area (Å²) >= 11 is 0. The summed E-state index contributed by atoms with van der Waals surface area (Å²) in [5.74, 6) is -1.38. The lowest BCUT2D eigenvalue weighted by molar-refractivity contribution is -0.968. The van der Waals surface area contributed by atoms with Gasteiger partial charge in [0.15, 0.2) is 0 Å². The predicted octanol–water partition coefficient (Wildman–Crippen LogP) is 4.99. The van der Waals surface area contributed by atoms with E-state index in [0.717, 1.165) is 54.6 Å². The van der Waals surface area contributed by atoms with Crippen molar-refractivity contribution >= 4 is 16.9 Å². The van der Waals surface area contributed by atoms with E-state index in [1.807, 2.05) is 30.3 Å². The number of carbonyl (C=O) groups is 1. The maximum Gasteiger partial charge on any atom is 0.336 e. The molecule has 5 rings (SSSR count). The number of fused-ring (bicyclic) bond motifs is 1. The quantitative estimate of drug-likeness (QED) is 0.540. The molecule has 5 nitrogen and oxygen atoms in total. The van der Waals surface area contributed by atoms with Crippen molar-refractivity contribution in [3.63, 3.8) is 0 Å². The summed E-state index contributed by atoms with van der Waals surface area (Å²) < 4.78 is 15.0. The number of nitrogens with zero attached hydrogens (tertiary/aromatic N) is 2. The van der Waals surface area contributed by atoms with Gasteiger partial charge in [0.2, 0.25) is 0 Å². The van der Waals surface area contributed by atoms with Gasteiger partial charge < -0.3 is 14.9 Å². The molecule has 1 aromatic heterocycles. The average molecular weight is 449 g/mol. The van der Waals surface area contributed by atoms with E-state index in [2.05, 4.69) is 5.32 Å². The van der Waals surface area contributed by atoms with Gasteiger partial charge in [0, 0.05) is 48.5 Å². The van der Waals surface area contributed by atoms with E-state index in [9.17, 15) is 14.3 Å². The van der Waals surface area contributed by atoms with E-state index in [0.29, 0.717) is 29.2 Å². The van der Waals surface area contributed by atoms with Crippen LogP contribution in [0.4, 0.5) is 4.39 Å². The molecule has 0 radical (unpaired) electrons. The van der Waals surface area contributed by atoms with Gasteiger partial charge in [-0.25, -0.2) is 14.2 Å². The lowest BCUT2D eigenvalue weighted by Gasteiger charge is -2.49. The van der Waals surface area contributed by atoms with E-state index in [1.165, 1.54) is 31.4 Å². The molecule has 0 unspecified atom stereocenters. The van der Waals surface area contributed by atoms with Gasteiger partial charge in [0.1, 0.15) is 12.4 Å². The summed E-state index contributed by atoms with van der Waals surface area (Å²) in [4.78, 5) is 17.6. The summed E-state index contributed by atoms with van der Waals surface area (Å²) in [5, 5.41) is 14.4. The number of pyridine rings is 1. The van der Waals surface area contributed by atoms with Crippen LogP contribution >= 0.6 is 0 Å². The second kappa shape index (κ2) is 9.20. The van der Waals surface area contributed by atoms with Crippen molar-refractivity contribution in [2.24, 2.45) is 0 Å². The van der Waals surface area contributed by atoms with E-state index in [-0.39, 0.29) is 5.56 Å². The maximum atomic E-state index is 14.1. The Morgan fingerprint density at radius 2 is 1.79 bits per heavy atom. The van der Waals surface area contributed by atoms with Crippen molar-refractivity contribution in [1.82, 2.24) is 10.3 Å². The first-order valence-corrected chi connectivity index (χ1v) is 12.0. The highest BCUT2D eigenvalue weighted by atomic mass is 19.1. The first kappa shape index (κ1) is 22.0. The highest BCUT2D eigenvalue weighted by Crippen LogP contribution is 2.37. The maximum absolute atomic E-state index is 14.1. The third kappa shape index (κ3) is 4.25. The minimum Gasteiger partial charge on any atom is -0.478 e. The van der Waals surface area contributed by atoms with Gasteiger partial charge in [-0.15, -0.1) is 0 Å². The van der Waals surface area contributed by atoms with Crippen LogP contribution in [0.15, 0.2) is 48.5 Å². The molecule has 33 heavy (non-hydrogen) atoms. The molecule has 172 valence electrons. The first-order chi connectivity index (χ1) is 16.1. The Hall–Kier alpha value is -2.83. The number of piperidine rings is 2. The molecule has 2 aliphatic rings. The molecule has 0 atom stereocenters. The van der Waals surface area contributed by atoms with E-state index >= 15 is 0 Å². The molecule has 0 bridgehead atoms. The van der Waals surface area contributed by atoms with Crippen LogP contribution in [0.3, 0.4) is 0 Å². The fourth-order valence-corrected chi connectivity index (χ4v) is 5.97. The predicted molar refractivity (Wildman–Crippen MR) is 128 cm³/mol. The van der Waals surface area contributed by atoms with Crippen LogP contribution in [0, 0.1) is 5.82 Å². The van der Waals surface area contributed by atoms with Gasteiger partial charge in [0.25, 0.3) is 0 Å². The van der Waals surface area contributed by atoms with E-state index in [4.69, 9.17) is 4.98 Å². The van der Waals surface area contributed by atoms with Crippen LogP contribution in [0.1, 0.15) is 48.0 Å². The number of carboxylic acid groups (broad SMARTS) is 1. The number of likely N-dealkylation sites (tertiary alicyclic amines) is 1. The molecular weight excluding hydrogens is 417 g/mol. The molecule has 0 saturated carbocycles. The molecule has 2 fully saturated rings. The zero-order valence-corrected chi connectivity index (χ0v) is 18.9. The Morgan fingerprint density at radius 1 is 1.06 bits per heavy atom. The number of aromatic nitrogens is 1. The number of carboxylic acids is 1. The highest BCUT2D eigenvalue weighted by molar-refractivity contribution is 6.05. The van der Waals surface area contributed by atoms with Gasteiger partial charge in [0.05, 0.1) is 35.9 Å². The summed E-state index contributed by atoms with van der Waals surface area (Å²) in [6, 6.07) is 14.5. The van der Waals surface area contributed by atoms with Crippen molar-refractivity contribution in [1.29, 1.82) is 0 Å². The number of quaternary nitrogens is 1. The molecule has 2 N–H and O–H groups in total. The van der Waals surface area contributed by atoms with Crippen LogP contribution in [0.2, 0.25) is 0 Å². The lowest BCUT2D eigenvalue weighted by atomic mass is 9.91. The molecule has 0 aliphatic carbocycles. The number of hydrogen-bond donors (Lipinski definition) is 2. The normalized spacial score (nSPS) is 18.9. The second-order valence-electron chi connectivity index (χ2n) is 9.51. The minimum absolute atomic E-state index is 0.274. The fourth-order valence-electron chi connectivity index (χ4n) is 5.97. The third-order valence-corrected chi connectivity index (χ3v) is 7.57. The number of aromatic carboxylic acids is 1. The SMILES string of the molecule is O=C(O)c1c(C[N+]2(C3CCNCC3)CCCCC2)c(-c2ccccc2)nc2cc(F)ccc12. The van der Waals surface area contributed by atoms with Gasteiger partial charge >= 0.3 is 5.97 Å². The van der Waals surface area contributed by atoms with Crippen molar-refractivity contribution in [3.05, 3.63) is 65.5 Å². The van der Waals surface area contributed by atoms with E-state index < -0.39 is 11.8 Å². The average Bonchev–Trinajstić information content (AvgIpc) is 2.85. The van der Waals surface area contributed by atoms with Crippen molar-refractivity contribution in [2.75, 3.05) is 26.2 Å². The Balaban J connectivity index is 1.73. The molecule has 2 aromatic carbocycles. The minimum atomic E-state index is -0.971. The standard InChI is InChI=1S/C27H30FN3O2/c28-20-9-10-22-24(17-20)30-26(19-7-3-1-4-8-19)23(25(22)27(32)33)18-31(15-5-2-6-16-31)21-11-13-29-14-12-21/h1,3-4,7-10,17,21,29H,2,5-6,11-16,18H2/p+1. The Bertz CT molecular complexity index is 1150. The van der Waals surface area contributed by atoms with Crippen LogP contribution in [-0.4, -0.2) is 52.8 Å². The zero-order chi connectivity index (χ0) is 22.8. The summed E-state index contributed by atoms with van der Waals surface area (Å²) in [6.45, 7) is 4.81. The van der Waals surface area contributed by atoms with Crippen LogP contribution in [0.5, 0.6) is 0 Å². The van der Waals surface area contributed by atoms with Gasteiger partial charge in [-0.1, -0.05) is 30.3 Å². The number of hydrogen-bond acceptors (Lipinski definition) is 3. The Kier molecular flexibility index (Phi) is 6.13. The lowest BCUT2D eigenvalue weighted by Crippen LogP contribution is -2.60. The number of rotatable bonds is 5. The van der Waals surface area contributed by atoms with E-state index in [1.54, 1.807) is 6.07 Å². The molecule has 3 aromatic rings. The van der Waals surface area contributed by atoms with Crippen LogP contribution in [0.25, 0.3) is 22.2 Å². The first-order valence-electron chi connectivity index (χ1n) is 12.0. The molecular formula is C27H31FN3O2+. The third-order valence-electron chi connectivity index (χ3n) is 7.57. The highest BCUT2D eigenvalue weighted by Gasteiger charge is 2.41. The second-order valence-corrected chi connectivity index (χ2v) is 9.51. The van der Waals surface area contributed by atoms with Crippen LogP contribution < -0.4 is 5.32 Å². The number of nitrogens with one attached hydrogen (secondary N) is 1. The van der Waals surface area contributed by atoms with Gasteiger partial charge in [-0.05, 0) is 31.4 Å². The molecule has 2 saturated heterocycles. The Labute approximate surface area is 193 Å². The summed E-state index contributed by atoms with van der Waals surface area (Å²) in [5.41, 5.74) is 3.00. The zero-order valence-electron chi connectivity index (χ0n) is 18.9. The Morgan fingerprint density at radius 3 is 2.48 bits per heavy atom. The smallest absolute Gasteiger partial charge is 0.336 e. The van der Waals surface area contributed by atoms with Crippen molar-refractivity contribution in [3.8, 4) is 11.3 Å². The van der Waals surface area contributed by atoms with Crippen molar-refractivity contribution in [2.45, 2.75) is 44.7 Å². The molecule has 6 heteroatoms. The van der Waals surface area contributed by atoms with Crippen molar-refractivity contribution < 1.29 is 18.8 Å². The topological polar surface area (TPSA) is 62.2 Å². The molecule has 3 heterocycles. The van der Waals surface area contributed by atoms with Gasteiger partial charge in [-0.2, -0.15) is 0 Å². The summed E-state index contributed by atoms with van der Waals surface area (Å²) in [6.07, 6.45) is 5.78. The molecule has 0 amide bonds. The molecule has 2 aliphatic heterocycles.